The smallest absolute Gasteiger partial charge is 0.335 e. The van der Waals surface area contributed by atoms with Gasteiger partial charge in [-0.1, -0.05) is 0 Å². The highest BCUT2D eigenvalue weighted by molar-refractivity contribution is 7.84. The van der Waals surface area contributed by atoms with E-state index in [0.717, 1.165) is 0 Å². The SMILES string of the molecule is O=C(O)[C@@H]1O[C@@H](O[C@H]2[C@H](O)[C@@H](NS(=O)(=O)O)[C@@H](O[C@H]3[C@H](O)[C@@H](O)[C@H](O[C@H]4[C@H](O)[C@@H](NS(=O)(=O)O)[C@@H](O[C@H]5[C@H](O)[C@@H](O)[C@H](O[C@H]6[C@H](O)[C@@H](NS(=O)(=O)O)[C@@H](O[C@H]7[C@H](O)[C@@H](O)[C@H](O)O[C@H]7C(=O)O)O[C@@H]6CO)O[C@H]5C(=O)O)O[C@@H]4CO)O[C@H]3C(=O)O)O[C@@H]2CO)[C@H](O)[C@@H](O)[C@@H]1O. The third-order valence-electron chi connectivity index (χ3n) is 15.4. The highest BCUT2D eigenvalue weighted by Crippen LogP contribution is 2.38. The number of carbonyl (C=O) groups is 4. The van der Waals surface area contributed by atoms with E-state index < -0.39 is 289 Å². The first-order valence-corrected chi connectivity index (χ1v) is 31.2. The van der Waals surface area contributed by atoms with Gasteiger partial charge in [0.15, 0.2) is 68.4 Å². The molecule has 0 spiro atoms. The van der Waals surface area contributed by atoms with Crippen molar-refractivity contribution in [2.45, 2.75) is 215 Å². The quantitative estimate of drug-likeness (QED) is 0.0377. The van der Waals surface area contributed by atoms with Crippen LogP contribution in [0, 0.1) is 0 Å². The second-order valence-corrected chi connectivity index (χ2v) is 25.2. The van der Waals surface area contributed by atoms with Gasteiger partial charge in [-0.3, -0.25) is 13.7 Å². The molecule has 26 N–H and O–H groups in total. The molecule has 7 aliphatic rings. The van der Waals surface area contributed by atoms with Crippen LogP contribution in [0.2, 0.25) is 0 Å². The minimum Gasteiger partial charge on any atom is -0.479 e. The van der Waals surface area contributed by atoms with Crippen molar-refractivity contribution in [3.8, 4) is 0 Å². The van der Waals surface area contributed by atoms with Gasteiger partial charge in [-0.25, -0.2) is 19.2 Å². The van der Waals surface area contributed by atoms with E-state index in [4.69, 9.17) is 61.6 Å². The van der Waals surface area contributed by atoms with E-state index in [1.165, 1.54) is 14.2 Å². The second-order valence-electron chi connectivity index (χ2n) is 21.6. The highest BCUT2D eigenvalue weighted by atomic mass is 32.2. The van der Waals surface area contributed by atoms with Gasteiger partial charge < -0.3 is 164 Å². The molecule has 7 fully saturated rings. The molecule has 49 nitrogen and oxygen atoms in total. The Balaban J connectivity index is 1.08. The topological polar surface area (TPSA) is 792 Å². The first-order valence-electron chi connectivity index (χ1n) is 26.9. The van der Waals surface area contributed by atoms with E-state index in [1.807, 2.05) is 0 Å². The first kappa shape index (κ1) is 77.7. The van der Waals surface area contributed by atoms with Crippen molar-refractivity contribution < 1.29 is 222 Å². The zero-order chi connectivity index (χ0) is 70.5. The number of ether oxygens (including phenoxy) is 13. The minimum absolute atomic E-state index is 1.33. The third-order valence-corrected chi connectivity index (χ3v) is 17.1. The van der Waals surface area contributed by atoms with Crippen molar-refractivity contribution in [3.05, 3.63) is 0 Å². The lowest BCUT2D eigenvalue weighted by atomic mass is 9.94. The largest absolute Gasteiger partial charge is 0.479 e. The van der Waals surface area contributed by atoms with Crippen molar-refractivity contribution in [2.75, 3.05) is 19.8 Å². The number of aliphatic hydroxyl groups is 16. The molecule has 544 valence electrons. The fraction of sp³-hybridized carbons (Fsp3) is 0.905. The van der Waals surface area contributed by atoms with E-state index in [0.29, 0.717) is 0 Å². The molecule has 7 heterocycles. The molecule has 0 radical (unpaired) electrons. The summed E-state index contributed by atoms with van der Waals surface area (Å²) in [5, 5.41) is 212. The summed E-state index contributed by atoms with van der Waals surface area (Å²) < 4.78 is 176. The number of hydrogen-bond donors (Lipinski definition) is 26. The Hall–Kier alpha value is -3.67. The van der Waals surface area contributed by atoms with Crippen molar-refractivity contribution >= 4 is 54.8 Å². The molecule has 0 amide bonds. The zero-order valence-electron chi connectivity index (χ0n) is 46.7. The van der Waals surface area contributed by atoms with Crippen molar-refractivity contribution in [3.63, 3.8) is 0 Å². The lowest BCUT2D eigenvalue weighted by Crippen LogP contribution is -2.71. The molecule has 0 bridgehead atoms. The molecule has 0 aromatic rings. The summed E-state index contributed by atoms with van der Waals surface area (Å²) in [7, 11) is -16.8. The van der Waals surface area contributed by atoms with Crippen LogP contribution in [0.1, 0.15) is 0 Å². The predicted molar refractivity (Wildman–Crippen MR) is 271 cm³/mol. The maximum atomic E-state index is 12.8. The van der Waals surface area contributed by atoms with Crippen LogP contribution in [0.5, 0.6) is 0 Å². The molecule has 7 aliphatic heterocycles. The van der Waals surface area contributed by atoms with E-state index in [2.05, 4.69) is 0 Å². The standard InChI is InChI=1S/C42H67N3O46S3/c46-1-4-22(83-40-19(58)13(52)14(53)28(89-40)32(61)62)10(49)8(44-93(73,74)75)38(80-4)87-26-16(55)21(60)42(91-30(26)34(65)66)85-24-6(3-48)81-39(9(12(24)51)45-94(76,77)78)88-27-17(56)20(59)41(90-31(27)35(67)68)84-23-5(2-47)79-37(7(11(23)50)43-92(70,71)72)86-25-15(54)18(57)36(69)82-29(25)33(63)64/h4-31,36-60,69H,1-3H2,(H,61,62)(H,63,64)(H,65,66)(H,67,68)(H,70,71,72)(H,73,74,75)(H,76,77,78)/t4-,5-,6-,7-,8-,9-,10-,11-,12-,13+,14+,15-,16-,17-,18-,19-,20-,21-,22-,23-,24-,25+,26+,27+,28-,29-,30-,31-,36-,37-,38-,39-,40-,41-,42-/m1/s1. The molecule has 35 atom stereocenters. The first-order chi connectivity index (χ1) is 43.5. The number of aliphatic carboxylic acids is 4. The molecule has 7 saturated heterocycles. The minimum atomic E-state index is -5.70. The van der Waals surface area contributed by atoms with Crippen molar-refractivity contribution in [2.24, 2.45) is 0 Å². The Bertz CT molecular complexity index is 2960. The number of carboxylic acid groups (broad SMARTS) is 4. The molecule has 0 unspecified atom stereocenters. The van der Waals surface area contributed by atoms with Gasteiger partial charge >= 0.3 is 54.8 Å². The number of rotatable bonds is 25. The van der Waals surface area contributed by atoms with E-state index >= 15 is 0 Å². The van der Waals surface area contributed by atoms with Crippen LogP contribution < -0.4 is 14.2 Å². The Labute approximate surface area is 524 Å². The Morgan fingerprint density at radius 2 is 0.543 bits per heavy atom. The summed E-state index contributed by atoms with van der Waals surface area (Å²) in [5.41, 5.74) is 0. The summed E-state index contributed by atoms with van der Waals surface area (Å²) >= 11 is 0. The van der Waals surface area contributed by atoms with E-state index in [-0.39, 0.29) is 0 Å². The number of aliphatic hydroxyl groups excluding tert-OH is 16. The summed E-state index contributed by atoms with van der Waals surface area (Å²) in [6.07, 6.45) is -79.7. The zero-order valence-corrected chi connectivity index (χ0v) is 49.2. The molecule has 7 rings (SSSR count). The van der Waals surface area contributed by atoms with Gasteiger partial charge in [0.25, 0.3) is 0 Å². The van der Waals surface area contributed by atoms with Crippen LogP contribution in [-0.2, 0) is 112 Å². The van der Waals surface area contributed by atoms with E-state index in [1.54, 1.807) is 0 Å². The van der Waals surface area contributed by atoms with E-state index in [9.17, 15) is 160 Å². The molecular formula is C42H67N3O46S3. The molecule has 94 heavy (non-hydrogen) atoms. The number of hydrogen-bond acceptors (Lipinski definition) is 39. The number of carboxylic acids is 4. The summed E-state index contributed by atoms with van der Waals surface area (Å²) in [6.45, 7) is -4.16. The lowest BCUT2D eigenvalue weighted by molar-refractivity contribution is -0.380. The average Bonchev–Trinajstić information content (AvgIpc) is 0.771. The fourth-order valence-electron chi connectivity index (χ4n) is 10.8. The molecular weight excluding hydrogens is 1380 g/mol. The number of nitrogens with one attached hydrogen (secondary N) is 3. The highest BCUT2D eigenvalue weighted by Gasteiger charge is 2.61. The second kappa shape index (κ2) is 30.8. The van der Waals surface area contributed by atoms with Gasteiger partial charge in [0.05, 0.1) is 19.8 Å². The van der Waals surface area contributed by atoms with Gasteiger partial charge in [0, 0.05) is 0 Å². The summed E-state index contributed by atoms with van der Waals surface area (Å²) in [4.78, 5) is 49.3. The van der Waals surface area contributed by atoms with Crippen molar-refractivity contribution in [1.82, 2.24) is 14.2 Å². The lowest BCUT2D eigenvalue weighted by Gasteiger charge is -2.50. The monoisotopic (exact) mass is 1450 g/mol. The Morgan fingerprint density at radius 3 is 0.809 bits per heavy atom. The third kappa shape index (κ3) is 17.3. The molecule has 0 aliphatic carbocycles. The molecule has 52 heteroatoms. The molecule has 0 aromatic carbocycles. The average molecular weight is 1450 g/mol. The van der Waals surface area contributed by atoms with Gasteiger partial charge in [0.2, 0.25) is 0 Å². The fourth-order valence-corrected chi connectivity index (χ4v) is 12.6. The van der Waals surface area contributed by atoms with Crippen LogP contribution >= 0.6 is 0 Å². The van der Waals surface area contributed by atoms with Crippen molar-refractivity contribution in [1.29, 1.82) is 0 Å². The summed E-state index contributed by atoms with van der Waals surface area (Å²) in [6, 6.07) is -7.64. The maximum absolute atomic E-state index is 12.8. The predicted octanol–water partition coefficient (Wildman–Crippen LogP) is -17.7. The van der Waals surface area contributed by atoms with Gasteiger partial charge in [-0.15, -0.1) is 0 Å². The normalized spacial score (nSPS) is 46.7. The van der Waals surface area contributed by atoms with Gasteiger partial charge in [0.1, 0.15) is 146 Å². The van der Waals surface area contributed by atoms with Gasteiger partial charge in [-0.05, 0) is 0 Å². The van der Waals surface area contributed by atoms with Crippen LogP contribution in [0.4, 0.5) is 0 Å². The van der Waals surface area contributed by atoms with Crippen LogP contribution in [0.3, 0.4) is 0 Å². The summed E-state index contributed by atoms with van der Waals surface area (Å²) in [5.74, 6) is -8.32. The Morgan fingerprint density at radius 1 is 0.298 bits per heavy atom. The Kier molecular flexibility index (Phi) is 25.5. The maximum Gasteiger partial charge on any atom is 0.335 e. The molecule has 0 saturated carbocycles. The van der Waals surface area contributed by atoms with Crippen LogP contribution in [0.25, 0.3) is 0 Å². The van der Waals surface area contributed by atoms with Crippen LogP contribution in [-0.4, -0.2) is 399 Å². The van der Waals surface area contributed by atoms with Gasteiger partial charge in [-0.2, -0.15) is 39.4 Å². The van der Waals surface area contributed by atoms with Crippen LogP contribution in [0.15, 0.2) is 0 Å². The molecule has 0 aromatic heterocycles.